The van der Waals surface area contributed by atoms with Crippen LogP contribution in [0.5, 0.6) is 5.75 Å². The predicted molar refractivity (Wildman–Crippen MR) is 72.3 cm³/mol. The molecule has 0 bridgehead atoms. The number of hydrogen-bond donors (Lipinski definition) is 2. The van der Waals surface area contributed by atoms with E-state index in [9.17, 15) is 4.79 Å². The van der Waals surface area contributed by atoms with Gasteiger partial charge < -0.3 is 14.8 Å². The molecular weight excluding hydrogens is 258 g/mol. The van der Waals surface area contributed by atoms with Crippen LogP contribution < -0.4 is 10.1 Å². The first kappa shape index (κ1) is 13.4. The van der Waals surface area contributed by atoms with Crippen LogP contribution in [-0.2, 0) is 9.53 Å². The van der Waals surface area contributed by atoms with Crippen molar-refractivity contribution in [3.63, 3.8) is 0 Å². The van der Waals surface area contributed by atoms with Gasteiger partial charge in [0.15, 0.2) is 5.75 Å². The van der Waals surface area contributed by atoms with Gasteiger partial charge in [-0.1, -0.05) is 13.8 Å². The van der Waals surface area contributed by atoms with Crippen molar-refractivity contribution in [3.05, 3.63) is 12.4 Å². The Balaban J connectivity index is 1.52. The minimum Gasteiger partial charge on any atom is -0.482 e. The van der Waals surface area contributed by atoms with Crippen LogP contribution in [0.15, 0.2) is 12.4 Å². The summed E-state index contributed by atoms with van der Waals surface area (Å²) in [7, 11) is 0. The molecule has 110 valence electrons. The molecule has 1 saturated carbocycles. The van der Waals surface area contributed by atoms with Crippen molar-refractivity contribution in [2.24, 2.45) is 11.3 Å². The van der Waals surface area contributed by atoms with Gasteiger partial charge in [-0.05, 0) is 18.3 Å². The van der Waals surface area contributed by atoms with Crippen molar-refractivity contribution in [1.29, 1.82) is 0 Å². The lowest BCUT2D eigenvalue weighted by Gasteiger charge is -2.42. The summed E-state index contributed by atoms with van der Waals surface area (Å²) in [6.45, 7) is 5.39. The SMILES string of the molecule is CC1(C)CC(C(=O)N[C@H]2COC[C@H]2Oc2cn[nH]c2)C1. The molecule has 1 aliphatic heterocycles. The largest absolute Gasteiger partial charge is 0.482 e. The number of aromatic nitrogens is 2. The Kier molecular flexibility index (Phi) is 3.41. The fourth-order valence-corrected chi connectivity index (χ4v) is 3.02. The highest BCUT2D eigenvalue weighted by Gasteiger charge is 2.42. The van der Waals surface area contributed by atoms with Crippen molar-refractivity contribution >= 4 is 5.91 Å². The third-order valence-corrected chi connectivity index (χ3v) is 4.09. The quantitative estimate of drug-likeness (QED) is 0.865. The van der Waals surface area contributed by atoms with Crippen molar-refractivity contribution in [2.75, 3.05) is 13.2 Å². The molecule has 6 heteroatoms. The maximum Gasteiger partial charge on any atom is 0.223 e. The van der Waals surface area contributed by atoms with Gasteiger partial charge in [0, 0.05) is 5.92 Å². The average molecular weight is 279 g/mol. The Morgan fingerprint density at radius 2 is 2.30 bits per heavy atom. The zero-order chi connectivity index (χ0) is 14.2. The normalized spacial score (nSPS) is 28.9. The molecule has 1 aromatic heterocycles. The lowest BCUT2D eigenvalue weighted by Crippen LogP contribution is -2.50. The van der Waals surface area contributed by atoms with E-state index in [4.69, 9.17) is 9.47 Å². The van der Waals surface area contributed by atoms with Gasteiger partial charge in [0.1, 0.15) is 6.10 Å². The molecule has 2 N–H and O–H groups in total. The number of aromatic amines is 1. The van der Waals surface area contributed by atoms with Crippen LogP contribution in [0.25, 0.3) is 0 Å². The highest BCUT2D eigenvalue weighted by molar-refractivity contribution is 5.80. The first-order valence-electron chi connectivity index (χ1n) is 7.07. The van der Waals surface area contributed by atoms with Crippen LogP contribution in [0, 0.1) is 11.3 Å². The van der Waals surface area contributed by atoms with E-state index in [0.29, 0.717) is 24.4 Å². The Bertz CT molecular complexity index is 464. The summed E-state index contributed by atoms with van der Waals surface area (Å²) in [5.74, 6) is 0.935. The molecule has 2 fully saturated rings. The van der Waals surface area contributed by atoms with E-state index in [2.05, 4.69) is 29.4 Å². The van der Waals surface area contributed by atoms with E-state index >= 15 is 0 Å². The number of hydrogen-bond acceptors (Lipinski definition) is 4. The molecule has 2 heterocycles. The lowest BCUT2D eigenvalue weighted by atomic mass is 9.64. The molecular formula is C14H21N3O3. The van der Waals surface area contributed by atoms with Crippen LogP contribution in [-0.4, -0.2) is 41.5 Å². The molecule has 0 radical (unpaired) electrons. The molecule has 6 nitrogen and oxygen atoms in total. The van der Waals surface area contributed by atoms with E-state index in [-0.39, 0.29) is 24.0 Å². The minimum atomic E-state index is -0.148. The van der Waals surface area contributed by atoms with Crippen molar-refractivity contribution in [1.82, 2.24) is 15.5 Å². The van der Waals surface area contributed by atoms with Gasteiger partial charge in [0.2, 0.25) is 5.91 Å². The van der Waals surface area contributed by atoms with E-state index in [1.165, 1.54) is 0 Å². The van der Waals surface area contributed by atoms with E-state index < -0.39 is 0 Å². The first-order chi connectivity index (χ1) is 9.53. The topological polar surface area (TPSA) is 76.2 Å². The van der Waals surface area contributed by atoms with Crippen molar-refractivity contribution in [2.45, 2.75) is 38.8 Å². The molecule has 1 saturated heterocycles. The van der Waals surface area contributed by atoms with Crippen LogP contribution in [0.1, 0.15) is 26.7 Å². The number of nitrogens with one attached hydrogen (secondary N) is 2. The molecule has 1 aromatic rings. The predicted octanol–water partition coefficient (Wildman–Crippen LogP) is 1.11. The van der Waals surface area contributed by atoms with Crippen LogP contribution in [0.3, 0.4) is 0 Å². The van der Waals surface area contributed by atoms with Crippen molar-refractivity contribution in [3.8, 4) is 5.75 Å². The summed E-state index contributed by atoms with van der Waals surface area (Å²) in [4.78, 5) is 12.2. The summed E-state index contributed by atoms with van der Waals surface area (Å²) in [5, 5.41) is 9.60. The second-order valence-corrected chi connectivity index (χ2v) is 6.51. The molecule has 1 amide bonds. The van der Waals surface area contributed by atoms with Gasteiger partial charge in [-0.15, -0.1) is 0 Å². The lowest BCUT2D eigenvalue weighted by molar-refractivity contribution is -0.132. The van der Waals surface area contributed by atoms with Crippen LogP contribution in [0.4, 0.5) is 0 Å². The van der Waals surface area contributed by atoms with Gasteiger partial charge in [-0.3, -0.25) is 9.89 Å². The maximum absolute atomic E-state index is 12.2. The third-order valence-electron chi connectivity index (χ3n) is 4.09. The van der Waals surface area contributed by atoms with Gasteiger partial charge >= 0.3 is 0 Å². The van der Waals surface area contributed by atoms with Crippen LogP contribution in [0.2, 0.25) is 0 Å². The average Bonchev–Trinajstić information content (AvgIpc) is 2.99. The maximum atomic E-state index is 12.2. The van der Waals surface area contributed by atoms with Crippen molar-refractivity contribution < 1.29 is 14.3 Å². The molecule has 0 unspecified atom stereocenters. The molecule has 1 aliphatic carbocycles. The monoisotopic (exact) mass is 279 g/mol. The van der Waals surface area contributed by atoms with Gasteiger partial charge in [0.05, 0.1) is 31.6 Å². The molecule has 0 spiro atoms. The fourth-order valence-electron chi connectivity index (χ4n) is 3.02. The summed E-state index contributed by atoms with van der Waals surface area (Å²) in [6.07, 6.45) is 5.07. The number of H-pyrrole nitrogens is 1. The summed E-state index contributed by atoms with van der Waals surface area (Å²) in [5.41, 5.74) is 0.306. The smallest absolute Gasteiger partial charge is 0.223 e. The second-order valence-electron chi connectivity index (χ2n) is 6.51. The first-order valence-corrected chi connectivity index (χ1v) is 7.07. The van der Waals surface area contributed by atoms with E-state index in [1.54, 1.807) is 12.4 Å². The molecule has 20 heavy (non-hydrogen) atoms. The number of rotatable bonds is 4. The Labute approximate surface area is 118 Å². The zero-order valence-electron chi connectivity index (χ0n) is 11.9. The summed E-state index contributed by atoms with van der Waals surface area (Å²) < 4.78 is 11.2. The zero-order valence-corrected chi connectivity index (χ0v) is 11.9. The highest BCUT2D eigenvalue weighted by Crippen LogP contribution is 2.44. The van der Waals surface area contributed by atoms with Gasteiger partial charge in [-0.2, -0.15) is 5.10 Å². The van der Waals surface area contributed by atoms with E-state index in [1.807, 2.05) is 0 Å². The number of nitrogens with zero attached hydrogens (tertiary/aromatic N) is 1. The Hall–Kier alpha value is -1.56. The van der Waals surface area contributed by atoms with Gasteiger partial charge in [-0.25, -0.2) is 0 Å². The molecule has 3 rings (SSSR count). The summed E-state index contributed by atoms with van der Waals surface area (Å²) in [6, 6.07) is -0.0823. The molecule has 2 aliphatic rings. The third kappa shape index (κ3) is 2.80. The number of carbonyl (C=O) groups excluding carboxylic acids is 1. The number of ether oxygens (including phenoxy) is 2. The molecule has 0 aromatic carbocycles. The highest BCUT2D eigenvalue weighted by atomic mass is 16.5. The van der Waals surface area contributed by atoms with Crippen LogP contribution >= 0.6 is 0 Å². The summed E-state index contributed by atoms with van der Waals surface area (Å²) >= 11 is 0. The second kappa shape index (κ2) is 5.09. The van der Waals surface area contributed by atoms with E-state index in [0.717, 1.165) is 12.8 Å². The minimum absolute atomic E-state index is 0.0823. The number of carbonyl (C=O) groups is 1. The molecule has 2 atom stereocenters. The standard InChI is InChI=1S/C14H21N3O3/c1-14(2)3-9(4-14)13(18)17-11-7-19-8-12(11)20-10-5-15-16-6-10/h5-6,9,11-12H,3-4,7-8H2,1-2H3,(H,15,16)(H,17,18)/t11-,12+/m0/s1. The Morgan fingerprint density at radius 3 is 2.95 bits per heavy atom. The Morgan fingerprint density at radius 1 is 1.50 bits per heavy atom. The fraction of sp³-hybridized carbons (Fsp3) is 0.714. The van der Waals surface area contributed by atoms with Gasteiger partial charge in [0.25, 0.3) is 0 Å². The number of amides is 1.